The minimum atomic E-state index is -0.214. The number of carbonyl (C=O) groups excluding carboxylic acids is 1. The number of aryl methyl sites for hydroxylation is 3. The highest BCUT2D eigenvalue weighted by atomic mass is 32.1. The Balaban J connectivity index is 1.84. The van der Waals surface area contributed by atoms with E-state index in [0.717, 1.165) is 22.0 Å². The summed E-state index contributed by atoms with van der Waals surface area (Å²) in [4.78, 5) is 25.2. The molecule has 2 aromatic heterocycles. The lowest BCUT2D eigenvalue weighted by molar-refractivity contribution is 0.102. The fourth-order valence-corrected chi connectivity index (χ4v) is 2.88. The molecule has 116 valence electrons. The third-order valence-corrected chi connectivity index (χ3v) is 4.15. The zero-order valence-electron chi connectivity index (χ0n) is 13.1. The minimum absolute atomic E-state index is 0.214. The molecule has 1 aromatic carbocycles. The first-order valence-electron chi connectivity index (χ1n) is 7.17. The number of carbonyl (C=O) groups is 1. The molecule has 0 unspecified atom stereocenters. The number of thiazole rings is 1. The van der Waals surface area contributed by atoms with E-state index < -0.39 is 0 Å². The molecule has 3 aromatic rings. The Kier molecular flexibility index (Phi) is 4.16. The van der Waals surface area contributed by atoms with E-state index in [9.17, 15) is 4.79 Å². The molecule has 0 aliphatic heterocycles. The van der Waals surface area contributed by atoms with Crippen molar-refractivity contribution >= 4 is 22.9 Å². The molecular formula is C17H16N4OS. The van der Waals surface area contributed by atoms with Gasteiger partial charge in [0.1, 0.15) is 5.82 Å². The summed E-state index contributed by atoms with van der Waals surface area (Å²) in [6, 6.07) is 7.64. The molecule has 0 saturated carbocycles. The van der Waals surface area contributed by atoms with Gasteiger partial charge < -0.3 is 5.32 Å². The number of amides is 1. The summed E-state index contributed by atoms with van der Waals surface area (Å²) in [6.07, 6.45) is 1.56. The number of hydrogen-bond donors (Lipinski definition) is 1. The summed E-state index contributed by atoms with van der Waals surface area (Å²) < 4.78 is 0. The van der Waals surface area contributed by atoms with E-state index in [1.807, 2.05) is 36.6 Å². The first-order chi connectivity index (χ1) is 11.0. The van der Waals surface area contributed by atoms with E-state index in [1.165, 1.54) is 0 Å². The number of nitrogens with one attached hydrogen (secondary N) is 1. The molecule has 0 fully saturated rings. The Hall–Kier alpha value is -2.60. The highest BCUT2D eigenvalue weighted by Gasteiger charge is 2.12. The summed E-state index contributed by atoms with van der Waals surface area (Å²) >= 11 is 1.60. The Morgan fingerprint density at radius 3 is 2.70 bits per heavy atom. The Labute approximate surface area is 138 Å². The van der Waals surface area contributed by atoms with Crippen LogP contribution in [0.2, 0.25) is 0 Å². The van der Waals surface area contributed by atoms with Gasteiger partial charge in [0, 0.05) is 22.8 Å². The van der Waals surface area contributed by atoms with Crippen molar-refractivity contribution in [3.63, 3.8) is 0 Å². The molecule has 0 spiro atoms. The van der Waals surface area contributed by atoms with Crippen LogP contribution in [0.1, 0.15) is 26.9 Å². The van der Waals surface area contributed by atoms with Gasteiger partial charge in [-0.1, -0.05) is 12.1 Å². The number of hydrogen-bond acceptors (Lipinski definition) is 5. The van der Waals surface area contributed by atoms with Crippen LogP contribution in [0, 0.1) is 20.8 Å². The molecule has 0 aliphatic carbocycles. The van der Waals surface area contributed by atoms with Gasteiger partial charge in [-0.25, -0.2) is 15.0 Å². The van der Waals surface area contributed by atoms with Gasteiger partial charge in [0.15, 0.2) is 0 Å². The van der Waals surface area contributed by atoms with E-state index in [1.54, 1.807) is 31.4 Å². The second-order valence-electron chi connectivity index (χ2n) is 5.20. The van der Waals surface area contributed by atoms with Crippen LogP contribution >= 0.6 is 11.3 Å². The van der Waals surface area contributed by atoms with Crippen molar-refractivity contribution in [2.75, 3.05) is 5.32 Å². The fraction of sp³-hybridized carbons (Fsp3) is 0.176. The van der Waals surface area contributed by atoms with Gasteiger partial charge in [-0.05, 0) is 32.9 Å². The van der Waals surface area contributed by atoms with Gasteiger partial charge in [-0.2, -0.15) is 0 Å². The van der Waals surface area contributed by atoms with Gasteiger partial charge in [0.2, 0.25) is 0 Å². The standard InChI is InChI=1S/C17H16N4OS/c1-10-15(8-18-11(2)19-10)17(22)21-14-6-4-5-13(7-14)16-9-23-12(3)20-16/h4-9H,1-3H3,(H,21,22). The second kappa shape index (κ2) is 6.26. The average molecular weight is 324 g/mol. The predicted octanol–water partition coefficient (Wildman–Crippen LogP) is 3.78. The van der Waals surface area contributed by atoms with E-state index in [4.69, 9.17) is 0 Å². The fourth-order valence-electron chi connectivity index (χ4n) is 2.26. The average Bonchev–Trinajstić information content (AvgIpc) is 2.94. The SMILES string of the molecule is Cc1ncc(C(=O)Nc2cccc(-c3csc(C)n3)c2)c(C)n1. The minimum Gasteiger partial charge on any atom is -0.322 e. The number of rotatable bonds is 3. The lowest BCUT2D eigenvalue weighted by atomic mass is 10.1. The zero-order chi connectivity index (χ0) is 16.4. The lowest BCUT2D eigenvalue weighted by Crippen LogP contribution is -2.15. The maximum atomic E-state index is 12.4. The quantitative estimate of drug-likeness (QED) is 0.796. The molecule has 1 amide bonds. The van der Waals surface area contributed by atoms with Crippen molar-refractivity contribution in [1.82, 2.24) is 15.0 Å². The lowest BCUT2D eigenvalue weighted by Gasteiger charge is -2.08. The topological polar surface area (TPSA) is 67.8 Å². The Bertz CT molecular complexity index is 873. The van der Waals surface area contributed by atoms with Crippen molar-refractivity contribution < 1.29 is 4.79 Å². The van der Waals surface area contributed by atoms with Crippen molar-refractivity contribution in [1.29, 1.82) is 0 Å². The van der Waals surface area contributed by atoms with Crippen molar-refractivity contribution in [2.24, 2.45) is 0 Å². The molecule has 0 saturated heterocycles. The van der Waals surface area contributed by atoms with E-state index in [-0.39, 0.29) is 5.91 Å². The van der Waals surface area contributed by atoms with Crippen LogP contribution in [0.5, 0.6) is 0 Å². The van der Waals surface area contributed by atoms with Crippen LogP contribution < -0.4 is 5.32 Å². The van der Waals surface area contributed by atoms with Crippen LogP contribution in [0.15, 0.2) is 35.8 Å². The molecule has 0 radical (unpaired) electrons. The summed E-state index contributed by atoms with van der Waals surface area (Å²) in [6.45, 7) is 5.58. The van der Waals surface area contributed by atoms with Gasteiger partial charge >= 0.3 is 0 Å². The summed E-state index contributed by atoms with van der Waals surface area (Å²) in [5.74, 6) is 0.439. The van der Waals surface area contributed by atoms with Gasteiger partial charge in [0.25, 0.3) is 5.91 Å². The van der Waals surface area contributed by atoms with Crippen molar-refractivity contribution in [3.8, 4) is 11.3 Å². The smallest absolute Gasteiger partial charge is 0.259 e. The molecule has 2 heterocycles. The maximum Gasteiger partial charge on any atom is 0.259 e. The van der Waals surface area contributed by atoms with E-state index in [2.05, 4.69) is 20.3 Å². The summed E-state index contributed by atoms with van der Waals surface area (Å²) in [7, 11) is 0. The van der Waals surface area contributed by atoms with Gasteiger partial charge in [-0.15, -0.1) is 11.3 Å². The van der Waals surface area contributed by atoms with Gasteiger partial charge in [0.05, 0.1) is 22.0 Å². The van der Waals surface area contributed by atoms with Crippen molar-refractivity contribution in [3.05, 3.63) is 57.9 Å². The monoisotopic (exact) mass is 324 g/mol. The first kappa shape index (κ1) is 15.3. The molecule has 0 atom stereocenters. The van der Waals surface area contributed by atoms with Crippen LogP contribution in [-0.4, -0.2) is 20.9 Å². The summed E-state index contributed by atoms with van der Waals surface area (Å²) in [5, 5.41) is 5.92. The van der Waals surface area contributed by atoms with Gasteiger partial charge in [-0.3, -0.25) is 4.79 Å². The second-order valence-corrected chi connectivity index (χ2v) is 6.27. The molecule has 23 heavy (non-hydrogen) atoms. The number of aromatic nitrogens is 3. The molecule has 0 aliphatic rings. The van der Waals surface area contributed by atoms with E-state index >= 15 is 0 Å². The molecule has 6 heteroatoms. The number of benzene rings is 1. The van der Waals surface area contributed by atoms with Crippen LogP contribution in [0.3, 0.4) is 0 Å². The highest BCUT2D eigenvalue weighted by molar-refractivity contribution is 7.09. The van der Waals surface area contributed by atoms with Crippen LogP contribution in [-0.2, 0) is 0 Å². The zero-order valence-corrected chi connectivity index (χ0v) is 13.9. The molecule has 0 bridgehead atoms. The maximum absolute atomic E-state index is 12.4. The number of anilines is 1. The third-order valence-electron chi connectivity index (χ3n) is 3.38. The summed E-state index contributed by atoms with van der Waals surface area (Å²) in [5.41, 5.74) is 3.76. The van der Waals surface area contributed by atoms with Crippen LogP contribution in [0.4, 0.5) is 5.69 Å². The Morgan fingerprint density at radius 1 is 1.17 bits per heavy atom. The largest absolute Gasteiger partial charge is 0.322 e. The highest BCUT2D eigenvalue weighted by Crippen LogP contribution is 2.24. The van der Waals surface area contributed by atoms with E-state index in [0.29, 0.717) is 17.1 Å². The molecule has 3 rings (SSSR count). The first-order valence-corrected chi connectivity index (χ1v) is 8.05. The molecular weight excluding hydrogens is 308 g/mol. The molecule has 5 nitrogen and oxygen atoms in total. The third kappa shape index (κ3) is 3.43. The predicted molar refractivity (Wildman–Crippen MR) is 91.7 cm³/mol. The van der Waals surface area contributed by atoms with Crippen molar-refractivity contribution in [2.45, 2.75) is 20.8 Å². The Morgan fingerprint density at radius 2 is 2.00 bits per heavy atom. The van der Waals surface area contributed by atoms with Crippen LogP contribution in [0.25, 0.3) is 11.3 Å². The number of nitrogens with zero attached hydrogens (tertiary/aromatic N) is 3. The normalized spacial score (nSPS) is 10.6. The molecule has 1 N–H and O–H groups in total.